The lowest BCUT2D eigenvalue weighted by Crippen LogP contribution is -2.36. The van der Waals surface area contributed by atoms with Gasteiger partial charge in [0.05, 0.1) is 5.82 Å². The molecule has 0 aromatic heterocycles. The summed E-state index contributed by atoms with van der Waals surface area (Å²) in [5.41, 5.74) is -1.46. The first kappa shape index (κ1) is 11.7. The van der Waals surface area contributed by atoms with Crippen LogP contribution in [0.15, 0.2) is 18.2 Å². The number of hydrogen-bond acceptors (Lipinski definition) is 1. The Balaban J connectivity index is 2.99. The summed E-state index contributed by atoms with van der Waals surface area (Å²) < 4.78 is 76.0. The van der Waals surface area contributed by atoms with Gasteiger partial charge in [0.2, 0.25) is 0 Å². The Kier molecular flexibility index (Phi) is 3.16. The van der Waals surface area contributed by atoms with Crippen LogP contribution in [-0.2, 0) is 0 Å². The van der Waals surface area contributed by atoms with Crippen LogP contribution in [0.2, 0.25) is 0 Å². The van der Waals surface area contributed by atoms with E-state index in [1.165, 1.54) is 0 Å². The molecule has 0 atom stereocenters. The first-order valence-corrected chi connectivity index (χ1v) is 3.75. The Morgan fingerprint density at radius 2 is 1.73 bits per heavy atom. The average molecular weight is 229 g/mol. The van der Waals surface area contributed by atoms with Crippen molar-refractivity contribution in [3.05, 3.63) is 24.0 Å². The van der Waals surface area contributed by atoms with E-state index in [0.717, 1.165) is 0 Å². The molecule has 1 aromatic carbocycles. The van der Waals surface area contributed by atoms with Crippen LogP contribution < -0.4 is 10.2 Å². The van der Waals surface area contributed by atoms with E-state index in [1.807, 2.05) is 0 Å². The summed E-state index contributed by atoms with van der Waals surface area (Å²) in [6, 6.07) is 1.28. The maximum Gasteiger partial charge on any atom is 0.512 e. The zero-order valence-electron chi connectivity index (χ0n) is 7.06. The number of ether oxygens (including phenoxy) is 1. The quantitative estimate of drug-likeness (QED) is 0.571. The monoisotopic (exact) mass is 229 g/mol. The van der Waals surface area contributed by atoms with Crippen LogP contribution in [0.4, 0.5) is 26.1 Å². The summed E-state index contributed by atoms with van der Waals surface area (Å²) in [7, 11) is 0. The fourth-order valence-electron chi connectivity index (χ4n) is 0.949. The summed E-state index contributed by atoms with van der Waals surface area (Å²) in [5, 5.41) is 0. The van der Waals surface area contributed by atoms with Gasteiger partial charge in [0, 0.05) is 6.07 Å². The Hall–Kier alpha value is -1.34. The predicted molar refractivity (Wildman–Crippen MR) is 41.7 cm³/mol. The molecule has 0 heterocycles. The van der Waals surface area contributed by atoms with Gasteiger partial charge in [-0.3, -0.25) is 0 Å². The fraction of sp³-hybridized carbons (Fsp3) is 0.143. The summed E-state index contributed by atoms with van der Waals surface area (Å²) in [4.78, 5) is 0. The van der Waals surface area contributed by atoms with Gasteiger partial charge in [0.1, 0.15) is 5.75 Å². The Morgan fingerprint density at radius 1 is 1.13 bits per heavy atom. The van der Waals surface area contributed by atoms with Crippen molar-refractivity contribution in [2.75, 3.05) is 0 Å². The van der Waals surface area contributed by atoms with E-state index in [9.17, 15) is 26.1 Å². The second kappa shape index (κ2) is 4.04. The fourth-order valence-corrected chi connectivity index (χ4v) is 0.949. The smallest absolute Gasteiger partial charge is 0.445 e. The third-order valence-electron chi connectivity index (χ3n) is 1.55. The van der Waals surface area contributed by atoms with Crippen LogP contribution in [0.25, 0.3) is 0 Å². The van der Waals surface area contributed by atoms with Gasteiger partial charge in [-0.2, -0.15) is 8.78 Å². The van der Waals surface area contributed by atoms with Crippen molar-refractivity contribution in [1.29, 1.82) is 0 Å². The van der Waals surface area contributed by atoms with Crippen LogP contribution in [0.5, 0.6) is 5.75 Å². The highest BCUT2D eigenvalue weighted by molar-refractivity contribution is 6.73. The molecular weight excluding hydrogens is 225 g/mol. The molecule has 1 nitrogen and oxygen atoms in total. The van der Waals surface area contributed by atoms with E-state index in [1.54, 1.807) is 0 Å². The van der Waals surface area contributed by atoms with Crippen molar-refractivity contribution in [1.82, 2.24) is 0 Å². The summed E-state index contributed by atoms with van der Waals surface area (Å²) in [6.45, 7) is -8.69. The molecule has 0 spiro atoms. The van der Waals surface area contributed by atoms with Crippen molar-refractivity contribution in [2.24, 2.45) is 0 Å². The van der Waals surface area contributed by atoms with Crippen LogP contribution in [0.1, 0.15) is 0 Å². The number of hydrogen-bond donors (Lipinski definition) is 0. The largest absolute Gasteiger partial charge is 0.512 e. The van der Waals surface area contributed by atoms with Gasteiger partial charge in [-0.25, -0.2) is 4.39 Å². The van der Waals surface area contributed by atoms with Gasteiger partial charge >= 0.3 is 13.6 Å². The minimum Gasteiger partial charge on any atom is -0.445 e. The van der Waals surface area contributed by atoms with Crippen LogP contribution in [-0.4, -0.2) is 13.6 Å². The molecule has 1 aromatic rings. The molecule has 8 heteroatoms. The Bertz CT molecular complexity index is 350. The molecule has 0 amide bonds. The highest BCUT2D eigenvalue weighted by atomic mass is 19.4. The lowest BCUT2D eigenvalue weighted by Gasteiger charge is -2.16. The summed E-state index contributed by atoms with van der Waals surface area (Å²) in [6.07, 6.45) is 0. The Labute approximate surface area is 80.7 Å². The van der Waals surface area contributed by atoms with Crippen molar-refractivity contribution >= 4 is 12.4 Å². The second-order valence-electron chi connectivity index (χ2n) is 2.64. The van der Waals surface area contributed by atoms with Gasteiger partial charge in [-0.15, -0.1) is 0 Å². The van der Waals surface area contributed by atoms with Crippen molar-refractivity contribution in [3.63, 3.8) is 0 Å². The standard InChI is InChI=1S/C7H4BF6O/c9-6-3-4(15-7(10)11)1-2-5(6)8(12,13)14/h1-3,7H/q-1. The number of alkyl halides is 2. The molecule has 0 aliphatic carbocycles. The molecule has 0 N–H and O–H groups in total. The summed E-state index contributed by atoms with van der Waals surface area (Å²) in [5.74, 6) is -2.27. The predicted octanol–water partition coefficient (Wildman–Crippen LogP) is 2.48. The maximum absolute atomic E-state index is 12.8. The number of benzene rings is 1. The van der Waals surface area contributed by atoms with Crippen LogP contribution in [0, 0.1) is 5.82 Å². The minimum atomic E-state index is -5.49. The van der Waals surface area contributed by atoms with E-state index in [0.29, 0.717) is 12.1 Å². The second-order valence-corrected chi connectivity index (χ2v) is 2.64. The first-order chi connectivity index (χ1) is 6.80. The zero-order chi connectivity index (χ0) is 11.6. The highest BCUT2D eigenvalue weighted by Gasteiger charge is 2.29. The molecule has 0 saturated heterocycles. The maximum atomic E-state index is 12.8. The first-order valence-electron chi connectivity index (χ1n) is 3.75. The van der Waals surface area contributed by atoms with E-state index < -0.39 is 30.6 Å². The van der Waals surface area contributed by atoms with Crippen molar-refractivity contribution < 1.29 is 30.9 Å². The molecule has 0 radical (unpaired) electrons. The van der Waals surface area contributed by atoms with E-state index in [-0.39, 0.29) is 6.07 Å². The molecule has 84 valence electrons. The van der Waals surface area contributed by atoms with Gasteiger partial charge in [-0.05, 0) is 6.07 Å². The topological polar surface area (TPSA) is 9.23 Å². The SMILES string of the molecule is Fc1cc(OC(F)F)ccc1[B-](F)(F)F. The third-order valence-corrected chi connectivity index (χ3v) is 1.55. The third kappa shape index (κ3) is 3.07. The van der Waals surface area contributed by atoms with Crippen molar-refractivity contribution in [3.8, 4) is 5.75 Å². The molecule has 0 unspecified atom stereocenters. The Morgan fingerprint density at radius 3 is 2.13 bits per heavy atom. The highest BCUT2D eigenvalue weighted by Crippen LogP contribution is 2.18. The molecular formula is C7H4BF6O-. The summed E-state index contributed by atoms with van der Waals surface area (Å²) >= 11 is 0. The molecule has 0 aliphatic heterocycles. The van der Waals surface area contributed by atoms with Crippen LogP contribution in [0.3, 0.4) is 0 Å². The van der Waals surface area contributed by atoms with E-state index >= 15 is 0 Å². The molecule has 0 aliphatic rings. The number of halogens is 6. The lowest BCUT2D eigenvalue weighted by molar-refractivity contribution is -0.0499. The van der Waals surface area contributed by atoms with Gasteiger partial charge < -0.3 is 17.7 Å². The van der Waals surface area contributed by atoms with Gasteiger partial charge in [0.15, 0.2) is 0 Å². The normalized spacial score (nSPS) is 11.9. The lowest BCUT2D eigenvalue weighted by atomic mass is 9.80. The number of rotatable bonds is 3. The van der Waals surface area contributed by atoms with E-state index in [2.05, 4.69) is 4.74 Å². The molecule has 15 heavy (non-hydrogen) atoms. The van der Waals surface area contributed by atoms with Gasteiger partial charge in [-0.1, -0.05) is 11.5 Å². The average Bonchev–Trinajstić information content (AvgIpc) is 1.99. The zero-order valence-corrected chi connectivity index (χ0v) is 7.06. The van der Waals surface area contributed by atoms with Gasteiger partial charge in [0.25, 0.3) is 0 Å². The molecule has 1 rings (SSSR count). The van der Waals surface area contributed by atoms with E-state index in [4.69, 9.17) is 0 Å². The minimum absolute atomic E-state index is 0.275. The van der Waals surface area contributed by atoms with Crippen LogP contribution >= 0.6 is 0 Å². The van der Waals surface area contributed by atoms with Crippen molar-refractivity contribution in [2.45, 2.75) is 6.61 Å². The molecule has 0 fully saturated rings. The molecule has 0 saturated carbocycles. The molecule has 0 bridgehead atoms.